The Morgan fingerprint density at radius 3 is 2.67 bits per heavy atom. The number of aryl methyl sites for hydroxylation is 1. The Morgan fingerprint density at radius 1 is 1.05 bits per heavy atom. The number of halogens is 2. The van der Waals surface area contributed by atoms with Gasteiger partial charge in [0.15, 0.2) is 0 Å². The van der Waals surface area contributed by atoms with Gasteiger partial charge in [0.05, 0.1) is 22.1 Å². The number of para-hydroxylation sites is 1. The van der Waals surface area contributed by atoms with E-state index in [1.165, 1.54) is 0 Å². The number of benzene rings is 2. The van der Waals surface area contributed by atoms with Gasteiger partial charge in [-0.05, 0) is 36.8 Å². The van der Waals surface area contributed by atoms with Crippen molar-refractivity contribution < 1.29 is 4.74 Å². The molecule has 0 unspecified atom stereocenters. The Bertz CT molecular complexity index is 802. The molecule has 2 aromatic carbocycles. The molecule has 0 aliphatic rings. The summed E-state index contributed by atoms with van der Waals surface area (Å²) in [6.45, 7) is 2.00. The molecular formula is C17H13Cl2NO. The lowest BCUT2D eigenvalue weighted by molar-refractivity contribution is 0.487. The molecule has 0 aliphatic heterocycles. The predicted octanol–water partition coefficient (Wildman–Crippen LogP) is 5.73. The van der Waals surface area contributed by atoms with Crippen molar-refractivity contribution in [2.45, 2.75) is 12.8 Å². The molecule has 106 valence electrons. The van der Waals surface area contributed by atoms with Crippen molar-refractivity contribution in [3.63, 3.8) is 0 Å². The molecule has 0 amide bonds. The topological polar surface area (TPSA) is 22.1 Å². The number of hydrogen-bond donors (Lipinski definition) is 0. The molecule has 1 heterocycles. The summed E-state index contributed by atoms with van der Waals surface area (Å²) in [5.74, 6) is 1.68. The maximum Gasteiger partial charge on any atom is 0.146 e. The predicted molar refractivity (Wildman–Crippen MR) is 87.6 cm³/mol. The molecule has 1 aromatic heterocycles. The second-order valence-electron chi connectivity index (χ2n) is 4.80. The largest absolute Gasteiger partial charge is 0.455 e. The van der Waals surface area contributed by atoms with Crippen LogP contribution in [-0.2, 0) is 5.88 Å². The molecule has 2 nitrogen and oxygen atoms in total. The number of aromatic nitrogens is 1. The number of hydrogen-bond acceptors (Lipinski definition) is 2. The quantitative estimate of drug-likeness (QED) is 0.576. The zero-order valence-corrected chi connectivity index (χ0v) is 12.9. The highest BCUT2D eigenvalue weighted by Gasteiger charge is 2.09. The van der Waals surface area contributed by atoms with Gasteiger partial charge in [0, 0.05) is 11.5 Å². The van der Waals surface area contributed by atoms with Crippen LogP contribution in [0.1, 0.15) is 11.3 Å². The molecule has 3 aromatic rings. The van der Waals surface area contributed by atoms with Gasteiger partial charge in [-0.3, -0.25) is 4.98 Å². The first-order valence-electron chi connectivity index (χ1n) is 6.56. The number of pyridine rings is 1. The lowest BCUT2D eigenvalue weighted by atomic mass is 10.2. The maximum atomic E-state index is 6.20. The molecular weight excluding hydrogens is 305 g/mol. The molecule has 0 radical (unpaired) electrons. The molecule has 0 bridgehead atoms. The summed E-state index contributed by atoms with van der Waals surface area (Å²) in [5, 5.41) is 1.51. The van der Waals surface area contributed by atoms with Crippen LogP contribution in [0.3, 0.4) is 0 Å². The van der Waals surface area contributed by atoms with Crippen LogP contribution in [0.5, 0.6) is 11.5 Å². The van der Waals surface area contributed by atoms with Crippen molar-refractivity contribution in [1.29, 1.82) is 0 Å². The number of nitrogens with zero attached hydrogens (tertiary/aromatic N) is 1. The molecule has 3 rings (SSSR count). The van der Waals surface area contributed by atoms with Gasteiger partial charge >= 0.3 is 0 Å². The monoisotopic (exact) mass is 317 g/mol. The van der Waals surface area contributed by atoms with Crippen LogP contribution in [0.2, 0.25) is 5.02 Å². The van der Waals surface area contributed by atoms with E-state index in [9.17, 15) is 0 Å². The SMILES string of the molecule is Cc1ccc(Cl)c(Oc2cc(CCl)nc3ccccc23)c1. The highest BCUT2D eigenvalue weighted by molar-refractivity contribution is 6.32. The fourth-order valence-electron chi connectivity index (χ4n) is 2.16. The Labute approximate surface area is 133 Å². The molecule has 0 N–H and O–H groups in total. The minimum absolute atomic E-state index is 0.336. The average molecular weight is 318 g/mol. The minimum atomic E-state index is 0.336. The maximum absolute atomic E-state index is 6.20. The van der Waals surface area contributed by atoms with Crippen LogP contribution in [-0.4, -0.2) is 4.98 Å². The Balaban J connectivity index is 2.13. The van der Waals surface area contributed by atoms with Gasteiger partial charge in [-0.25, -0.2) is 0 Å². The smallest absolute Gasteiger partial charge is 0.146 e. The van der Waals surface area contributed by atoms with Gasteiger partial charge in [0.2, 0.25) is 0 Å². The standard InChI is InChI=1S/C17H13Cl2NO/c1-11-6-7-14(19)17(8-11)21-16-9-12(10-18)20-15-5-3-2-4-13(15)16/h2-9H,10H2,1H3. The summed E-state index contributed by atoms with van der Waals surface area (Å²) in [4.78, 5) is 4.49. The number of ether oxygens (including phenoxy) is 1. The minimum Gasteiger partial charge on any atom is -0.455 e. The van der Waals surface area contributed by atoms with E-state index >= 15 is 0 Å². The van der Waals surface area contributed by atoms with Gasteiger partial charge in [-0.2, -0.15) is 0 Å². The Morgan fingerprint density at radius 2 is 1.86 bits per heavy atom. The average Bonchev–Trinajstić information content (AvgIpc) is 2.50. The first-order valence-corrected chi connectivity index (χ1v) is 7.47. The normalized spacial score (nSPS) is 10.8. The van der Waals surface area contributed by atoms with Gasteiger partial charge in [0.1, 0.15) is 11.5 Å². The second kappa shape index (κ2) is 5.92. The lowest BCUT2D eigenvalue weighted by Gasteiger charge is -2.12. The first-order chi connectivity index (χ1) is 10.2. The first kappa shape index (κ1) is 14.2. The van der Waals surface area contributed by atoms with E-state index in [2.05, 4.69) is 4.98 Å². The van der Waals surface area contributed by atoms with E-state index in [4.69, 9.17) is 27.9 Å². The van der Waals surface area contributed by atoms with Crippen LogP contribution in [0, 0.1) is 6.92 Å². The summed E-state index contributed by atoms with van der Waals surface area (Å²) >= 11 is 12.1. The van der Waals surface area contributed by atoms with Gasteiger partial charge in [0.25, 0.3) is 0 Å². The molecule has 0 spiro atoms. The third kappa shape index (κ3) is 2.97. The molecule has 0 atom stereocenters. The van der Waals surface area contributed by atoms with Crippen molar-refractivity contribution in [1.82, 2.24) is 4.98 Å². The van der Waals surface area contributed by atoms with Gasteiger partial charge in [-0.1, -0.05) is 29.8 Å². The number of fused-ring (bicyclic) bond motifs is 1. The third-order valence-corrected chi connectivity index (χ3v) is 3.76. The summed E-state index contributed by atoms with van der Waals surface area (Å²) in [7, 11) is 0. The molecule has 0 aliphatic carbocycles. The summed E-state index contributed by atoms with van der Waals surface area (Å²) < 4.78 is 6.02. The molecule has 0 saturated heterocycles. The van der Waals surface area contributed by atoms with Crippen molar-refractivity contribution in [3.05, 3.63) is 64.8 Å². The summed E-state index contributed by atoms with van der Waals surface area (Å²) in [5.41, 5.74) is 2.72. The van der Waals surface area contributed by atoms with E-state index in [0.717, 1.165) is 22.2 Å². The number of rotatable bonds is 3. The van der Waals surface area contributed by atoms with E-state index in [1.54, 1.807) is 0 Å². The van der Waals surface area contributed by atoms with Crippen molar-refractivity contribution in [2.75, 3.05) is 0 Å². The zero-order valence-electron chi connectivity index (χ0n) is 11.4. The van der Waals surface area contributed by atoms with E-state index in [-0.39, 0.29) is 0 Å². The van der Waals surface area contributed by atoms with E-state index in [0.29, 0.717) is 22.4 Å². The molecule has 0 fully saturated rings. The summed E-state index contributed by atoms with van der Waals surface area (Å²) in [6.07, 6.45) is 0. The summed E-state index contributed by atoms with van der Waals surface area (Å²) in [6, 6.07) is 15.4. The van der Waals surface area contributed by atoms with Crippen molar-refractivity contribution >= 4 is 34.1 Å². The van der Waals surface area contributed by atoms with Crippen LogP contribution in [0.4, 0.5) is 0 Å². The highest BCUT2D eigenvalue weighted by Crippen LogP contribution is 2.34. The molecule has 0 saturated carbocycles. The van der Waals surface area contributed by atoms with Crippen LogP contribution < -0.4 is 4.74 Å². The van der Waals surface area contributed by atoms with E-state index in [1.807, 2.05) is 55.5 Å². The highest BCUT2D eigenvalue weighted by atomic mass is 35.5. The Kier molecular flexibility index (Phi) is 4.00. The van der Waals surface area contributed by atoms with Crippen LogP contribution in [0.25, 0.3) is 10.9 Å². The zero-order chi connectivity index (χ0) is 14.8. The van der Waals surface area contributed by atoms with Crippen molar-refractivity contribution in [2.24, 2.45) is 0 Å². The van der Waals surface area contributed by atoms with Gasteiger partial charge < -0.3 is 4.74 Å². The fourth-order valence-corrected chi connectivity index (χ4v) is 2.45. The van der Waals surface area contributed by atoms with Crippen molar-refractivity contribution in [3.8, 4) is 11.5 Å². The van der Waals surface area contributed by atoms with Crippen LogP contribution in [0.15, 0.2) is 48.5 Å². The van der Waals surface area contributed by atoms with Crippen LogP contribution >= 0.6 is 23.2 Å². The Hall–Kier alpha value is -1.77. The fraction of sp³-hybridized carbons (Fsp3) is 0.118. The third-order valence-electron chi connectivity index (χ3n) is 3.17. The molecule has 21 heavy (non-hydrogen) atoms. The second-order valence-corrected chi connectivity index (χ2v) is 5.47. The molecule has 4 heteroatoms. The van der Waals surface area contributed by atoms with E-state index < -0.39 is 0 Å². The van der Waals surface area contributed by atoms with Gasteiger partial charge in [-0.15, -0.1) is 11.6 Å². The number of alkyl halides is 1. The lowest BCUT2D eigenvalue weighted by Crippen LogP contribution is -1.93.